The van der Waals surface area contributed by atoms with E-state index in [-0.39, 0.29) is 18.0 Å². The Morgan fingerprint density at radius 2 is 2.16 bits per heavy atom. The van der Waals surface area contributed by atoms with Crippen LogP contribution in [0.2, 0.25) is 0 Å². The Labute approximate surface area is 147 Å². The van der Waals surface area contributed by atoms with E-state index in [1.807, 2.05) is 24.6 Å². The van der Waals surface area contributed by atoms with Gasteiger partial charge in [-0.1, -0.05) is 12.1 Å². The van der Waals surface area contributed by atoms with Crippen LogP contribution in [0.15, 0.2) is 54.3 Å². The molecule has 0 saturated heterocycles. The van der Waals surface area contributed by atoms with Gasteiger partial charge in [0.2, 0.25) is 0 Å². The van der Waals surface area contributed by atoms with Crippen LogP contribution in [0.4, 0.5) is 4.39 Å². The molecule has 0 aliphatic carbocycles. The Balaban J connectivity index is 1.79. The number of benzene rings is 1. The summed E-state index contributed by atoms with van der Waals surface area (Å²) in [5.74, 6) is -0.363. The third kappa shape index (κ3) is 3.08. The average molecular weight is 351 g/mol. The lowest BCUT2D eigenvalue weighted by molar-refractivity contribution is 0.0994. The average Bonchev–Trinajstić information content (AvgIpc) is 3.22. The summed E-state index contributed by atoms with van der Waals surface area (Å²) in [5, 5.41) is 2.71. The van der Waals surface area contributed by atoms with Gasteiger partial charge in [-0.05, 0) is 36.2 Å². The Bertz CT molecular complexity index is 1080. The summed E-state index contributed by atoms with van der Waals surface area (Å²) < 4.78 is 15.4. The van der Waals surface area contributed by atoms with Crippen LogP contribution in [0.5, 0.6) is 0 Å². The second kappa shape index (κ2) is 6.22. The van der Waals surface area contributed by atoms with Crippen molar-refractivity contribution in [2.75, 3.05) is 0 Å². The molecule has 0 saturated carbocycles. The molecule has 3 heterocycles. The summed E-state index contributed by atoms with van der Waals surface area (Å²) in [6.07, 6.45) is 5.51. The summed E-state index contributed by atoms with van der Waals surface area (Å²) in [6, 6.07) is 8.11. The van der Waals surface area contributed by atoms with Crippen LogP contribution in [0.1, 0.15) is 21.1 Å². The topological polar surface area (TPSA) is 47.3 Å². The van der Waals surface area contributed by atoms with Gasteiger partial charge in [-0.2, -0.15) is 0 Å². The molecule has 4 nitrogen and oxygen atoms in total. The van der Waals surface area contributed by atoms with Gasteiger partial charge in [0.1, 0.15) is 16.5 Å². The summed E-state index contributed by atoms with van der Waals surface area (Å²) >= 11 is 1.47. The third-order valence-electron chi connectivity index (χ3n) is 3.92. The Hall–Kier alpha value is -2.86. The Morgan fingerprint density at radius 3 is 2.92 bits per heavy atom. The van der Waals surface area contributed by atoms with Crippen molar-refractivity contribution in [2.45, 2.75) is 13.3 Å². The standard InChI is InChI=1S/C19H14FN3OS/c1-12-11-25-18(22-12)9-17(24)16-8-14(10-23-6-5-21-19(16)23)13-3-2-4-15(20)7-13/h2-8,10-11H,9H2,1H3. The maximum absolute atomic E-state index is 13.6. The maximum atomic E-state index is 13.6. The molecule has 0 atom stereocenters. The van der Waals surface area contributed by atoms with Gasteiger partial charge in [0, 0.05) is 29.7 Å². The predicted molar refractivity (Wildman–Crippen MR) is 95.5 cm³/mol. The van der Waals surface area contributed by atoms with Gasteiger partial charge in [0.05, 0.1) is 12.0 Å². The van der Waals surface area contributed by atoms with Crippen LogP contribution in [0, 0.1) is 12.7 Å². The van der Waals surface area contributed by atoms with E-state index < -0.39 is 0 Å². The molecule has 0 radical (unpaired) electrons. The molecule has 0 N–H and O–H groups in total. The normalized spacial score (nSPS) is 11.1. The van der Waals surface area contributed by atoms with Crippen LogP contribution in [-0.2, 0) is 6.42 Å². The Kier molecular flexibility index (Phi) is 3.89. The van der Waals surface area contributed by atoms with Crippen molar-refractivity contribution in [3.63, 3.8) is 0 Å². The van der Waals surface area contributed by atoms with Gasteiger partial charge in [-0.3, -0.25) is 4.79 Å². The monoisotopic (exact) mass is 351 g/mol. The quantitative estimate of drug-likeness (QED) is 0.514. The largest absolute Gasteiger partial charge is 0.306 e. The molecule has 6 heteroatoms. The molecule has 0 unspecified atom stereocenters. The van der Waals surface area contributed by atoms with Gasteiger partial charge in [-0.15, -0.1) is 11.3 Å². The molecule has 0 spiro atoms. The fraction of sp³-hybridized carbons (Fsp3) is 0.105. The number of carbonyl (C=O) groups excluding carboxylic acids is 1. The minimum atomic E-state index is -0.311. The SMILES string of the molecule is Cc1csc(CC(=O)c2cc(-c3cccc(F)c3)cn3ccnc23)n1. The van der Waals surface area contributed by atoms with Crippen LogP contribution in [-0.4, -0.2) is 20.2 Å². The van der Waals surface area contributed by atoms with E-state index in [0.29, 0.717) is 11.2 Å². The van der Waals surface area contributed by atoms with Gasteiger partial charge in [-0.25, -0.2) is 14.4 Å². The van der Waals surface area contributed by atoms with Crippen LogP contribution in [0.3, 0.4) is 0 Å². The lowest BCUT2D eigenvalue weighted by Gasteiger charge is -2.08. The molecule has 0 fully saturated rings. The number of imidazole rings is 1. The zero-order valence-electron chi connectivity index (χ0n) is 13.4. The number of carbonyl (C=O) groups is 1. The minimum Gasteiger partial charge on any atom is -0.306 e. The lowest BCUT2D eigenvalue weighted by atomic mass is 10.0. The van der Waals surface area contributed by atoms with Crippen molar-refractivity contribution >= 4 is 22.8 Å². The first-order valence-corrected chi connectivity index (χ1v) is 8.65. The summed E-state index contributed by atoms with van der Waals surface area (Å²) in [5.41, 5.74) is 3.50. The lowest BCUT2D eigenvalue weighted by Crippen LogP contribution is -2.07. The zero-order chi connectivity index (χ0) is 17.4. The van der Waals surface area contributed by atoms with E-state index in [4.69, 9.17) is 0 Å². The van der Waals surface area contributed by atoms with Crippen LogP contribution >= 0.6 is 11.3 Å². The number of hydrogen-bond donors (Lipinski definition) is 0. The molecule has 0 aliphatic heterocycles. The predicted octanol–water partition coefficient (Wildman–Crippen LogP) is 4.33. The zero-order valence-corrected chi connectivity index (χ0v) is 14.3. The number of Topliss-reactive ketones (excluding diaryl/α,β-unsaturated/α-hetero) is 1. The number of hydrogen-bond acceptors (Lipinski definition) is 4. The molecule has 4 aromatic rings. The molecule has 3 aromatic heterocycles. The highest BCUT2D eigenvalue weighted by molar-refractivity contribution is 7.09. The van der Waals surface area contributed by atoms with E-state index in [9.17, 15) is 9.18 Å². The van der Waals surface area contributed by atoms with Crippen molar-refractivity contribution in [3.05, 3.63) is 76.4 Å². The number of pyridine rings is 1. The summed E-state index contributed by atoms with van der Waals surface area (Å²) in [7, 11) is 0. The fourth-order valence-electron chi connectivity index (χ4n) is 2.78. The molecule has 0 aliphatic rings. The smallest absolute Gasteiger partial charge is 0.173 e. The Morgan fingerprint density at radius 1 is 1.28 bits per heavy atom. The minimum absolute atomic E-state index is 0.0520. The van der Waals surface area contributed by atoms with Crippen LogP contribution in [0.25, 0.3) is 16.8 Å². The summed E-state index contributed by atoms with van der Waals surface area (Å²) in [6.45, 7) is 1.90. The molecular weight excluding hydrogens is 337 g/mol. The van der Waals surface area contributed by atoms with Crippen molar-refractivity contribution in [1.29, 1.82) is 0 Å². The fourth-order valence-corrected chi connectivity index (χ4v) is 3.55. The van der Waals surface area contributed by atoms with Gasteiger partial charge in [0.25, 0.3) is 0 Å². The molecule has 25 heavy (non-hydrogen) atoms. The van der Waals surface area contributed by atoms with E-state index in [2.05, 4.69) is 9.97 Å². The highest BCUT2D eigenvalue weighted by atomic mass is 32.1. The van der Waals surface area contributed by atoms with Crippen molar-refractivity contribution < 1.29 is 9.18 Å². The number of rotatable bonds is 4. The van der Waals surface area contributed by atoms with Crippen molar-refractivity contribution in [1.82, 2.24) is 14.4 Å². The highest BCUT2D eigenvalue weighted by Crippen LogP contribution is 2.25. The van der Waals surface area contributed by atoms with Gasteiger partial charge in [0.15, 0.2) is 5.78 Å². The number of thiazole rings is 1. The first-order valence-electron chi connectivity index (χ1n) is 7.77. The van der Waals surface area contributed by atoms with E-state index in [1.54, 1.807) is 28.9 Å². The van der Waals surface area contributed by atoms with Crippen molar-refractivity contribution in [3.8, 4) is 11.1 Å². The number of aryl methyl sites for hydroxylation is 1. The van der Waals surface area contributed by atoms with Gasteiger partial charge >= 0.3 is 0 Å². The number of nitrogens with zero attached hydrogens (tertiary/aromatic N) is 3. The van der Waals surface area contributed by atoms with E-state index in [1.165, 1.54) is 23.5 Å². The summed E-state index contributed by atoms with van der Waals surface area (Å²) in [4.78, 5) is 21.5. The maximum Gasteiger partial charge on any atom is 0.173 e. The molecule has 4 rings (SSSR count). The van der Waals surface area contributed by atoms with Crippen molar-refractivity contribution in [2.24, 2.45) is 0 Å². The van der Waals surface area contributed by atoms with E-state index >= 15 is 0 Å². The van der Waals surface area contributed by atoms with E-state index in [0.717, 1.165) is 21.8 Å². The second-order valence-corrected chi connectivity index (χ2v) is 6.74. The number of ketones is 1. The second-order valence-electron chi connectivity index (χ2n) is 5.79. The third-order valence-corrected chi connectivity index (χ3v) is 4.89. The molecule has 0 amide bonds. The molecule has 1 aromatic carbocycles. The number of aromatic nitrogens is 3. The highest BCUT2D eigenvalue weighted by Gasteiger charge is 2.16. The first kappa shape index (κ1) is 15.7. The van der Waals surface area contributed by atoms with Gasteiger partial charge < -0.3 is 4.40 Å². The molecule has 0 bridgehead atoms. The molecule has 124 valence electrons. The number of halogens is 1. The van der Waals surface area contributed by atoms with Crippen LogP contribution < -0.4 is 0 Å². The first-order chi connectivity index (χ1) is 12.1. The molecular formula is C19H14FN3OS. The number of fused-ring (bicyclic) bond motifs is 1.